The van der Waals surface area contributed by atoms with Gasteiger partial charge in [0, 0.05) is 18.8 Å². The maximum atomic E-state index is 14.3. The van der Waals surface area contributed by atoms with Crippen molar-refractivity contribution in [1.29, 1.82) is 5.26 Å². The number of allylic oxidation sites excluding steroid dienone is 2. The highest BCUT2D eigenvalue weighted by molar-refractivity contribution is 6.44. The van der Waals surface area contributed by atoms with E-state index in [4.69, 9.17) is 10.00 Å². The van der Waals surface area contributed by atoms with E-state index >= 15 is 0 Å². The smallest absolute Gasteiger partial charge is 0.174 e. The number of hydrogen-bond acceptors (Lipinski definition) is 4. The number of ether oxygens (including phenoxy) is 1. The third kappa shape index (κ3) is 3.72. The average Bonchev–Trinajstić information content (AvgIpc) is 3.03. The summed E-state index contributed by atoms with van der Waals surface area (Å²) in [5, 5.41) is 8.52. The lowest BCUT2D eigenvalue weighted by Crippen LogP contribution is -2.08. The molecule has 0 aromatic heterocycles. The fourth-order valence-corrected chi connectivity index (χ4v) is 2.30. The molecule has 5 heteroatoms. The highest BCUT2D eigenvalue weighted by atomic mass is 19.1. The van der Waals surface area contributed by atoms with E-state index in [2.05, 4.69) is 9.98 Å². The molecule has 0 amide bonds. The number of hydrogen-bond donors (Lipinski definition) is 0. The molecule has 0 bridgehead atoms. The average molecular weight is 311 g/mol. The van der Waals surface area contributed by atoms with Crippen LogP contribution in [0.15, 0.2) is 40.6 Å². The zero-order valence-electron chi connectivity index (χ0n) is 13.4. The Hall–Kier alpha value is -2.74. The van der Waals surface area contributed by atoms with Crippen LogP contribution >= 0.6 is 0 Å². The van der Waals surface area contributed by atoms with Gasteiger partial charge in [-0.2, -0.15) is 5.26 Å². The standard InChI is InChI=1S/C18H18FN3O/c1-4-8-21-13(3)16-10-14(11-22-16)15-5-6-17(23-9-7-20)18(19)12(15)2/h4-6,8,11H,9-10H2,1-3H3/b8-4-,21-13?. The monoisotopic (exact) mass is 311 g/mol. The van der Waals surface area contributed by atoms with Crippen molar-refractivity contribution in [2.24, 2.45) is 9.98 Å². The second kappa shape index (κ2) is 7.50. The molecular weight excluding hydrogens is 293 g/mol. The van der Waals surface area contributed by atoms with E-state index in [9.17, 15) is 4.39 Å². The first kappa shape index (κ1) is 16.6. The van der Waals surface area contributed by atoms with Gasteiger partial charge in [0.2, 0.25) is 0 Å². The van der Waals surface area contributed by atoms with Gasteiger partial charge in [0.1, 0.15) is 6.07 Å². The summed E-state index contributed by atoms with van der Waals surface area (Å²) in [6.45, 7) is 5.33. The van der Waals surface area contributed by atoms with Gasteiger partial charge in [-0.05, 0) is 43.5 Å². The van der Waals surface area contributed by atoms with Gasteiger partial charge >= 0.3 is 0 Å². The van der Waals surface area contributed by atoms with Crippen LogP contribution < -0.4 is 4.74 Å². The van der Waals surface area contributed by atoms with Gasteiger partial charge in [0.05, 0.1) is 11.4 Å². The van der Waals surface area contributed by atoms with Crippen molar-refractivity contribution in [3.05, 3.63) is 47.6 Å². The Kier molecular flexibility index (Phi) is 5.42. The quantitative estimate of drug-likeness (QED) is 0.765. The van der Waals surface area contributed by atoms with Gasteiger partial charge in [-0.25, -0.2) is 4.39 Å². The Bertz CT molecular complexity index is 767. The van der Waals surface area contributed by atoms with Crippen LogP contribution in [-0.2, 0) is 0 Å². The molecule has 118 valence electrons. The fourth-order valence-electron chi connectivity index (χ4n) is 2.30. The summed E-state index contributed by atoms with van der Waals surface area (Å²) < 4.78 is 19.4. The molecule has 0 saturated heterocycles. The van der Waals surface area contributed by atoms with E-state index in [1.54, 1.807) is 31.5 Å². The van der Waals surface area contributed by atoms with Crippen molar-refractivity contribution in [3.63, 3.8) is 0 Å². The van der Waals surface area contributed by atoms with Gasteiger partial charge in [0.25, 0.3) is 0 Å². The van der Waals surface area contributed by atoms with Crippen LogP contribution in [0.2, 0.25) is 0 Å². The number of halogens is 1. The first-order valence-corrected chi connectivity index (χ1v) is 7.29. The highest BCUT2D eigenvalue weighted by Gasteiger charge is 2.19. The minimum absolute atomic E-state index is 0.0957. The minimum atomic E-state index is -0.439. The van der Waals surface area contributed by atoms with Crippen LogP contribution in [0.25, 0.3) is 5.57 Å². The van der Waals surface area contributed by atoms with Crippen LogP contribution in [-0.4, -0.2) is 18.0 Å². The van der Waals surface area contributed by atoms with Crippen LogP contribution in [0.1, 0.15) is 31.4 Å². The molecule has 1 aliphatic rings. The first-order valence-electron chi connectivity index (χ1n) is 7.29. The predicted molar refractivity (Wildman–Crippen MR) is 90.2 cm³/mol. The van der Waals surface area contributed by atoms with E-state index < -0.39 is 5.82 Å². The molecule has 1 aromatic rings. The zero-order valence-corrected chi connectivity index (χ0v) is 13.4. The molecule has 1 aromatic carbocycles. The SMILES string of the molecule is C/C=C\N=C(C)C1=NC=C(c2ccc(OCC#N)c(F)c2C)C1. The molecule has 4 nitrogen and oxygen atoms in total. The van der Waals surface area contributed by atoms with Gasteiger partial charge in [-0.3, -0.25) is 9.98 Å². The molecule has 1 heterocycles. The molecule has 2 rings (SSSR count). The molecule has 23 heavy (non-hydrogen) atoms. The number of nitriles is 1. The molecule has 1 aliphatic heterocycles. The van der Waals surface area contributed by atoms with Crippen molar-refractivity contribution < 1.29 is 9.13 Å². The minimum Gasteiger partial charge on any atom is -0.476 e. The summed E-state index contributed by atoms with van der Waals surface area (Å²) >= 11 is 0. The van der Waals surface area contributed by atoms with Gasteiger partial charge in [-0.15, -0.1) is 0 Å². The second-order valence-electron chi connectivity index (χ2n) is 5.10. The van der Waals surface area contributed by atoms with Gasteiger partial charge in [0.15, 0.2) is 18.2 Å². The van der Waals surface area contributed by atoms with E-state index in [1.165, 1.54) is 0 Å². The molecule has 0 aliphatic carbocycles. The maximum absolute atomic E-state index is 14.3. The third-order valence-corrected chi connectivity index (χ3v) is 3.56. The van der Waals surface area contributed by atoms with Crippen LogP contribution in [0.5, 0.6) is 5.75 Å². The van der Waals surface area contributed by atoms with E-state index in [1.807, 2.05) is 26.0 Å². The summed E-state index contributed by atoms with van der Waals surface area (Å²) in [7, 11) is 0. The van der Waals surface area contributed by atoms with Gasteiger partial charge < -0.3 is 4.74 Å². The zero-order chi connectivity index (χ0) is 16.8. The van der Waals surface area contributed by atoms with Gasteiger partial charge in [-0.1, -0.05) is 12.1 Å². The lowest BCUT2D eigenvalue weighted by molar-refractivity contribution is 0.345. The fraction of sp³-hybridized carbons (Fsp3) is 0.278. The van der Waals surface area contributed by atoms with Crippen molar-refractivity contribution >= 4 is 17.0 Å². The maximum Gasteiger partial charge on any atom is 0.174 e. The largest absolute Gasteiger partial charge is 0.476 e. The van der Waals surface area contributed by atoms with Crippen molar-refractivity contribution in [3.8, 4) is 11.8 Å². The summed E-state index contributed by atoms with van der Waals surface area (Å²) in [6, 6.07) is 5.18. The summed E-state index contributed by atoms with van der Waals surface area (Å²) in [6.07, 6.45) is 5.95. The summed E-state index contributed by atoms with van der Waals surface area (Å²) in [5.74, 6) is -0.343. The van der Waals surface area contributed by atoms with E-state index in [0.29, 0.717) is 12.0 Å². The van der Waals surface area contributed by atoms with Crippen molar-refractivity contribution in [2.45, 2.75) is 27.2 Å². The highest BCUT2D eigenvalue weighted by Crippen LogP contribution is 2.31. The van der Waals surface area contributed by atoms with Crippen molar-refractivity contribution in [2.75, 3.05) is 6.61 Å². The Morgan fingerprint density at radius 1 is 1.52 bits per heavy atom. The molecule has 0 unspecified atom stereocenters. The molecule has 0 saturated carbocycles. The Balaban J connectivity index is 2.19. The van der Waals surface area contributed by atoms with E-state index in [-0.39, 0.29) is 12.4 Å². The molecule has 0 N–H and O–H groups in total. The number of rotatable bonds is 5. The molecule has 0 fully saturated rings. The first-order chi connectivity index (χ1) is 11.1. The van der Waals surface area contributed by atoms with Crippen molar-refractivity contribution in [1.82, 2.24) is 0 Å². The Labute approximate surface area is 135 Å². The lowest BCUT2D eigenvalue weighted by Gasteiger charge is -2.11. The molecule has 0 spiro atoms. The number of benzene rings is 1. The third-order valence-electron chi connectivity index (χ3n) is 3.56. The number of nitrogens with zero attached hydrogens (tertiary/aromatic N) is 3. The molecule has 0 atom stereocenters. The van der Waals surface area contributed by atoms with Crippen LogP contribution in [0.3, 0.4) is 0 Å². The van der Waals surface area contributed by atoms with Crippen LogP contribution in [0, 0.1) is 24.1 Å². The Morgan fingerprint density at radius 2 is 2.30 bits per heavy atom. The summed E-state index contributed by atoms with van der Waals surface area (Å²) in [4.78, 5) is 8.67. The predicted octanol–water partition coefficient (Wildman–Crippen LogP) is 4.22. The second-order valence-corrected chi connectivity index (χ2v) is 5.10. The van der Waals surface area contributed by atoms with E-state index in [0.717, 1.165) is 22.6 Å². The molecule has 0 radical (unpaired) electrons. The topological polar surface area (TPSA) is 57.7 Å². The lowest BCUT2D eigenvalue weighted by atomic mass is 9.96. The summed E-state index contributed by atoms with van der Waals surface area (Å²) in [5.41, 5.74) is 3.96. The number of aliphatic imine (C=N–C) groups is 2. The Morgan fingerprint density at radius 3 is 3.00 bits per heavy atom. The van der Waals surface area contributed by atoms with Crippen LogP contribution in [0.4, 0.5) is 4.39 Å². The normalized spacial score (nSPS) is 14.7. The molecular formula is C18H18FN3O.